The van der Waals surface area contributed by atoms with Crippen LogP contribution in [0.2, 0.25) is 0 Å². The van der Waals surface area contributed by atoms with E-state index in [0.29, 0.717) is 31.2 Å². The highest BCUT2D eigenvalue weighted by Gasteiger charge is 2.34. The highest BCUT2D eigenvalue weighted by atomic mass is 32.2. The van der Waals surface area contributed by atoms with Gasteiger partial charge in [-0.25, -0.2) is 12.8 Å². The summed E-state index contributed by atoms with van der Waals surface area (Å²) in [5, 5.41) is 9.63. The minimum atomic E-state index is -3.57. The Labute approximate surface area is 136 Å². The maximum absolute atomic E-state index is 13.2. The molecule has 1 aromatic rings. The van der Waals surface area contributed by atoms with Crippen LogP contribution >= 0.6 is 0 Å². The molecule has 1 aromatic carbocycles. The third kappa shape index (κ3) is 3.42. The number of likely N-dealkylation sites (tertiary alicyclic amines) is 1. The lowest BCUT2D eigenvalue weighted by atomic mass is 10.1. The van der Waals surface area contributed by atoms with Crippen LogP contribution < -0.4 is 0 Å². The third-order valence-electron chi connectivity index (χ3n) is 4.89. The predicted octanol–water partition coefficient (Wildman–Crippen LogP) is 1.35. The van der Waals surface area contributed by atoms with Crippen LogP contribution in [0.1, 0.15) is 24.8 Å². The zero-order valence-electron chi connectivity index (χ0n) is 13.3. The van der Waals surface area contributed by atoms with E-state index in [0.717, 1.165) is 25.8 Å². The van der Waals surface area contributed by atoms with E-state index in [2.05, 4.69) is 4.90 Å². The Kier molecular flexibility index (Phi) is 4.73. The normalized spacial score (nSPS) is 25.1. The third-order valence-corrected chi connectivity index (χ3v) is 6.95. The molecule has 2 saturated heterocycles. The Hall–Kier alpha value is -1.02. The fourth-order valence-corrected chi connectivity index (χ4v) is 5.26. The second kappa shape index (κ2) is 6.47. The fraction of sp³-hybridized carbons (Fsp3) is 0.625. The number of nitrogens with zero attached hydrogens (tertiary/aromatic N) is 2. The number of hydrogen-bond donors (Lipinski definition) is 1. The standard InChI is InChI=1S/C16H23FN2O3S/c1-12-10-13(17)2-3-16(12)23(21,22)19-8-4-14(5-9-19)18-7-6-15(20)11-18/h2-3,10,14-15,20H,4-9,11H2,1H3. The van der Waals surface area contributed by atoms with E-state index in [1.54, 1.807) is 6.92 Å². The van der Waals surface area contributed by atoms with E-state index >= 15 is 0 Å². The molecule has 2 aliphatic rings. The number of aryl methyl sites for hydroxylation is 1. The molecule has 0 amide bonds. The van der Waals surface area contributed by atoms with Crippen molar-refractivity contribution >= 4 is 10.0 Å². The monoisotopic (exact) mass is 342 g/mol. The van der Waals surface area contributed by atoms with Gasteiger partial charge in [-0.3, -0.25) is 4.90 Å². The van der Waals surface area contributed by atoms with E-state index < -0.39 is 15.8 Å². The number of benzene rings is 1. The van der Waals surface area contributed by atoms with E-state index in [1.165, 1.54) is 22.5 Å². The Balaban J connectivity index is 1.69. The molecule has 2 heterocycles. The molecule has 3 rings (SSSR count). The summed E-state index contributed by atoms with van der Waals surface area (Å²) in [6, 6.07) is 4.14. The average Bonchev–Trinajstić information content (AvgIpc) is 2.93. The van der Waals surface area contributed by atoms with Gasteiger partial charge in [-0.1, -0.05) is 0 Å². The molecule has 0 aliphatic carbocycles. The quantitative estimate of drug-likeness (QED) is 0.901. The number of aliphatic hydroxyl groups is 1. The average molecular weight is 342 g/mol. The summed E-state index contributed by atoms with van der Waals surface area (Å²) in [5.74, 6) is -0.423. The van der Waals surface area contributed by atoms with Crippen molar-refractivity contribution in [2.45, 2.75) is 43.2 Å². The van der Waals surface area contributed by atoms with Gasteiger partial charge in [-0.2, -0.15) is 4.31 Å². The molecular weight excluding hydrogens is 319 g/mol. The highest BCUT2D eigenvalue weighted by Crippen LogP contribution is 2.27. The molecular formula is C16H23FN2O3S. The fourth-order valence-electron chi connectivity index (χ4n) is 3.59. The molecule has 1 atom stereocenters. The van der Waals surface area contributed by atoms with E-state index in [9.17, 15) is 17.9 Å². The molecule has 1 unspecified atom stereocenters. The zero-order valence-corrected chi connectivity index (χ0v) is 14.1. The van der Waals surface area contributed by atoms with Gasteiger partial charge in [-0.05, 0) is 49.9 Å². The van der Waals surface area contributed by atoms with Crippen LogP contribution in [0.15, 0.2) is 23.1 Å². The largest absolute Gasteiger partial charge is 0.392 e. The lowest BCUT2D eigenvalue weighted by Crippen LogP contribution is -2.46. The van der Waals surface area contributed by atoms with Crippen LogP contribution in [0.4, 0.5) is 4.39 Å². The molecule has 0 bridgehead atoms. The van der Waals surface area contributed by atoms with Crippen molar-refractivity contribution in [2.24, 2.45) is 0 Å². The van der Waals surface area contributed by atoms with Gasteiger partial charge < -0.3 is 5.11 Å². The number of β-amino-alcohol motifs (C(OH)–C–C–N with tert-alkyl or cyclic N) is 1. The van der Waals surface area contributed by atoms with Gasteiger partial charge in [0, 0.05) is 32.2 Å². The Morgan fingerprint density at radius 3 is 2.43 bits per heavy atom. The van der Waals surface area contributed by atoms with Crippen molar-refractivity contribution in [1.82, 2.24) is 9.21 Å². The van der Waals surface area contributed by atoms with Gasteiger partial charge in [-0.15, -0.1) is 0 Å². The van der Waals surface area contributed by atoms with Gasteiger partial charge >= 0.3 is 0 Å². The second-order valence-electron chi connectivity index (χ2n) is 6.48. The maximum Gasteiger partial charge on any atom is 0.243 e. The van der Waals surface area contributed by atoms with Crippen molar-refractivity contribution in [3.8, 4) is 0 Å². The summed E-state index contributed by atoms with van der Waals surface area (Å²) in [7, 11) is -3.57. The summed E-state index contributed by atoms with van der Waals surface area (Å²) in [6.45, 7) is 4.13. The van der Waals surface area contributed by atoms with Crippen molar-refractivity contribution in [3.05, 3.63) is 29.6 Å². The van der Waals surface area contributed by atoms with Crippen LogP contribution in [0.3, 0.4) is 0 Å². The van der Waals surface area contributed by atoms with Crippen LogP contribution in [0.5, 0.6) is 0 Å². The minimum Gasteiger partial charge on any atom is -0.392 e. The first-order chi connectivity index (χ1) is 10.9. The summed E-state index contributed by atoms with van der Waals surface area (Å²) < 4.78 is 40.2. The van der Waals surface area contributed by atoms with Crippen molar-refractivity contribution in [1.29, 1.82) is 0 Å². The van der Waals surface area contributed by atoms with Gasteiger partial charge in [0.15, 0.2) is 0 Å². The summed E-state index contributed by atoms with van der Waals surface area (Å²) in [6.07, 6.45) is 2.09. The smallest absolute Gasteiger partial charge is 0.243 e. The zero-order chi connectivity index (χ0) is 16.6. The lowest BCUT2D eigenvalue weighted by Gasteiger charge is -2.36. The van der Waals surface area contributed by atoms with Crippen LogP contribution in [-0.4, -0.2) is 61.1 Å². The molecule has 0 spiro atoms. The van der Waals surface area contributed by atoms with E-state index in [-0.39, 0.29) is 11.0 Å². The number of sulfonamides is 1. The molecule has 128 valence electrons. The highest BCUT2D eigenvalue weighted by molar-refractivity contribution is 7.89. The topological polar surface area (TPSA) is 60.9 Å². The molecule has 0 aromatic heterocycles. The molecule has 2 aliphatic heterocycles. The minimum absolute atomic E-state index is 0.189. The Morgan fingerprint density at radius 2 is 1.87 bits per heavy atom. The molecule has 7 heteroatoms. The first-order valence-electron chi connectivity index (χ1n) is 8.06. The number of hydrogen-bond acceptors (Lipinski definition) is 4. The van der Waals surface area contributed by atoms with Crippen LogP contribution in [-0.2, 0) is 10.0 Å². The van der Waals surface area contributed by atoms with Crippen LogP contribution in [0, 0.1) is 12.7 Å². The molecule has 0 radical (unpaired) electrons. The van der Waals surface area contributed by atoms with Crippen molar-refractivity contribution in [2.75, 3.05) is 26.2 Å². The van der Waals surface area contributed by atoms with Gasteiger partial charge in [0.25, 0.3) is 0 Å². The predicted molar refractivity (Wildman–Crippen MR) is 85.1 cm³/mol. The van der Waals surface area contributed by atoms with Gasteiger partial charge in [0.1, 0.15) is 5.82 Å². The van der Waals surface area contributed by atoms with Crippen LogP contribution in [0.25, 0.3) is 0 Å². The summed E-state index contributed by atoms with van der Waals surface area (Å²) in [4.78, 5) is 2.45. The number of halogens is 1. The van der Waals surface area contributed by atoms with Gasteiger partial charge in [0.05, 0.1) is 11.0 Å². The summed E-state index contributed by atoms with van der Waals surface area (Å²) in [5.41, 5.74) is 0.440. The molecule has 23 heavy (non-hydrogen) atoms. The number of piperidine rings is 1. The lowest BCUT2D eigenvalue weighted by molar-refractivity contribution is 0.132. The maximum atomic E-state index is 13.2. The van der Waals surface area contributed by atoms with E-state index in [1.807, 2.05) is 0 Å². The Morgan fingerprint density at radius 1 is 1.17 bits per heavy atom. The Bertz CT molecular complexity index is 672. The number of aliphatic hydroxyl groups excluding tert-OH is 1. The first kappa shape index (κ1) is 16.8. The van der Waals surface area contributed by atoms with Crippen molar-refractivity contribution < 1.29 is 17.9 Å². The van der Waals surface area contributed by atoms with E-state index in [4.69, 9.17) is 0 Å². The molecule has 5 nitrogen and oxygen atoms in total. The van der Waals surface area contributed by atoms with Gasteiger partial charge in [0.2, 0.25) is 10.0 Å². The van der Waals surface area contributed by atoms with Crippen molar-refractivity contribution in [3.63, 3.8) is 0 Å². The first-order valence-corrected chi connectivity index (χ1v) is 9.50. The molecule has 2 fully saturated rings. The number of rotatable bonds is 3. The SMILES string of the molecule is Cc1cc(F)ccc1S(=O)(=O)N1CCC(N2CCC(O)C2)CC1. The molecule has 1 N–H and O–H groups in total. The summed E-state index contributed by atoms with van der Waals surface area (Å²) >= 11 is 0. The molecule has 0 saturated carbocycles. The second-order valence-corrected chi connectivity index (χ2v) is 8.39.